The highest BCUT2D eigenvalue weighted by atomic mass is 79.9. The van der Waals surface area contributed by atoms with Crippen LogP contribution in [-0.4, -0.2) is 36.3 Å². The summed E-state index contributed by atoms with van der Waals surface area (Å²) in [7, 11) is -3.64. The first-order valence-electron chi connectivity index (χ1n) is 9.76. The molecule has 0 spiro atoms. The number of fused-ring (bicyclic) bond motifs is 1. The predicted octanol–water partition coefficient (Wildman–Crippen LogP) is 3.63. The van der Waals surface area contributed by atoms with E-state index in [2.05, 4.69) is 26.8 Å². The van der Waals surface area contributed by atoms with Crippen LogP contribution in [0.5, 0.6) is 0 Å². The van der Waals surface area contributed by atoms with Crippen molar-refractivity contribution in [1.29, 1.82) is 0 Å². The molecule has 31 heavy (non-hydrogen) atoms. The molecule has 2 aromatic carbocycles. The van der Waals surface area contributed by atoms with Crippen molar-refractivity contribution >= 4 is 53.4 Å². The molecule has 1 amide bonds. The molecule has 0 aliphatic carbocycles. The van der Waals surface area contributed by atoms with Gasteiger partial charge >= 0.3 is 0 Å². The van der Waals surface area contributed by atoms with Gasteiger partial charge in [-0.05, 0) is 43.2 Å². The monoisotopic (exact) mass is 517 g/mol. The third kappa shape index (κ3) is 4.53. The second-order valence-electron chi connectivity index (χ2n) is 7.25. The van der Waals surface area contributed by atoms with Crippen LogP contribution in [0, 0.1) is 18.3 Å². The lowest BCUT2D eigenvalue weighted by Gasteiger charge is -2.30. The molecule has 1 aliphatic heterocycles. The topological polar surface area (TPSA) is 71.7 Å². The molecular formula is C22H20BrN3O3S2. The maximum absolute atomic E-state index is 13.0. The summed E-state index contributed by atoms with van der Waals surface area (Å²) < 4.78 is 31.0. The maximum Gasteiger partial charge on any atom is 0.252 e. The Morgan fingerprint density at radius 2 is 2.03 bits per heavy atom. The number of carbonyl (C=O) groups excluding carboxylic acids is 1. The van der Waals surface area contributed by atoms with E-state index in [1.807, 2.05) is 22.8 Å². The Labute approximate surface area is 193 Å². The lowest BCUT2D eigenvalue weighted by Crippen LogP contribution is -2.42. The van der Waals surface area contributed by atoms with Crippen molar-refractivity contribution in [3.05, 3.63) is 57.8 Å². The van der Waals surface area contributed by atoms with Crippen molar-refractivity contribution in [3.63, 3.8) is 0 Å². The molecule has 1 unspecified atom stereocenters. The molecule has 1 saturated heterocycles. The van der Waals surface area contributed by atoms with Gasteiger partial charge in [0, 0.05) is 17.6 Å². The van der Waals surface area contributed by atoms with E-state index >= 15 is 0 Å². The van der Waals surface area contributed by atoms with Gasteiger partial charge in [0.1, 0.15) is 0 Å². The van der Waals surface area contributed by atoms with Gasteiger partial charge in [-0.3, -0.25) is 4.79 Å². The number of piperidine rings is 1. The van der Waals surface area contributed by atoms with Crippen LogP contribution in [0.25, 0.3) is 10.2 Å². The number of sulfonamides is 1. The summed E-state index contributed by atoms with van der Waals surface area (Å²) in [6.45, 7) is 0.826. The van der Waals surface area contributed by atoms with E-state index in [1.165, 1.54) is 15.6 Å². The molecule has 9 heteroatoms. The minimum atomic E-state index is -3.64. The Morgan fingerprint density at radius 3 is 2.77 bits per heavy atom. The van der Waals surface area contributed by atoms with E-state index in [-0.39, 0.29) is 17.3 Å². The quantitative estimate of drug-likeness (QED) is 0.496. The normalized spacial score (nSPS) is 18.2. The first kappa shape index (κ1) is 22.0. The van der Waals surface area contributed by atoms with Crippen LogP contribution in [-0.2, 0) is 21.4 Å². The number of benzene rings is 2. The van der Waals surface area contributed by atoms with E-state index in [0.29, 0.717) is 30.7 Å². The molecule has 3 aromatic rings. The number of aromatic nitrogens is 1. The summed E-state index contributed by atoms with van der Waals surface area (Å²) in [5.74, 6) is 1.82. The van der Waals surface area contributed by atoms with Gasteiger partial charge in [0.25, 0.3) is 5.91 Å². The zero-order valence-corrected chi connectivity index (χ0v) is 19.8. The molecule has 1 aromatic heterocycles. The molecule has 0 N–H and O–H groups in total. The minimum absolute atomic E-state index is 0.130. The van der Waals surface area contributed by atoms with E-state index < -0.39 is 15.9 Å². The number of hydrogen-bond donors (Lipinski definition) is 0. The highest BCUT2D eigenvalue weighted by molar-refractivity contribution is 9.10. The van der Waals surface area contributed by atoms with Crippen LogP contribution in [0.15, 0.2) is 62.9 Å². The third-order valence-corrected chi connectivity index (χ3v) is 8.63. The second kappa shape index (κ2) is 9.09. The molecule has 0 bridgehead atoms. The molecule has 1 aliphatic rings. The van der Waals surface area contributed by atoms with Gasteiger partial charge < -0.3 is 4.57 Å². The van der Waals surface area contributed by atoms with Gasteiger partial charge in [-0.1, -0.05) is 51.4 Å². The van der Waals surface area contributed by atoms with Crippen LogP contribution in [0.3, 0.4) is 0 Å². The van der Waals surface area contributed by atoms with E-state index in [1.54, 1.807) is 30.3 Å². The lowest BCUT2D eigenvalue weighted by atomic mass is 9.99. The predicted molar refractivity (Wildman–Crippen MR) is 125 cm³/mol. The van der Waals surface area contributed by atoms with Gasteiger partial charge in [0.15, 0.2) is 4.80 Å². The van der Waals surface area contributed by atoms with Gasteiger partial charge in [0.05, 0.1) is 27.6 Å². The van der Waals surface area contributed by atoms with Crippen LogP contribution in [0.1, 0.15) is 12.8 Å². The second-order valence-corrected chi connectivity index (χ2v) is 11.1. The van der Waals surface area contributed by atoms with Crippen LogP contribution < -0.4 is 4.80 Å². The summed E-state index contributed by atoms with van der Waals surface area (Å²) in [4.78, 5) is 18.2. The zero-order valence-electron chi connectivity index (χ0n) is 16.6. The van der Waals surface area contributed by atoms with Gasteiger partial charge in [-0.2, -0.15) is 9.30 Å². The number of thiazole rings is 1. The zero-order chi connectivity index (χ0) is 22.0. The molecule has 0 saturated carbocycles. The van der Waals surface area contributed by atoms with E-state index in [4.69, 9.17) is 6.42 Å². The highest BCUT2D eigenvalue weighted by Gasteiger charge is 2.33. The number of nitrogens with zero attached hydrogens (tertiary/aromatic N) is 3. The molecule has 0 radical (unpaired) electrons. The molecular weight excluding hydrogens is 498 g/mol. The third-order valence-electron chi connectivity index (χ3n) is 5.21. The number of carbonyl (C=O) groups is 1. The number of amides is 1. The van der Waals surface area contributed by atoms with Crippen molar-refractivity contribution in [2.75, 3.05) is 13.1 Å². The summed E-state index contributed by atoms with van der Waals surface area (Å²) >= 11 is 4.85. The molecule has 4 rings (SSSR count). The average molecular weight is 518 g/mol. The largest absolute Gasteiger partial charge is 0.305 e. The SMILES string of the molecule is C#CCn1c(=NC(=O)C2CCCN(S(=O)(=O)c3ccccc3)C2)sc2cc(Br)ccc21. The van der Waals surface area contributed by atoms with Crippen molar-refractivity contribution in [3.8, 4) is 12.3 Å². The van der Waals surface area contributed by atoms with Crippen LogP contribution in [0.4, 0.5) is 0 Å². The average Bonchev–Trinajstić information content (AvgIpc) is 3.10. The van der Waals surface area contributed by atoms with Gasteiger partial charge in [0.2, 0.25) is 10.0 Å². The molecule has 1 fully saturated rings. The Morgan fingerprint density at radius 1 is 1.26 bits per heavy atom. The van der Waals surface area contributed by atoms with Gasteiger partial charge in [-0.25, -0.2) is 8.42 Å². The number of terminal acetylenes is 1. The standard InChI is InChI=1S/C22H20BrN3O3S2/c1-2-12-26-19-11-10-17(23)14-20(19)30-22(26)24-21(27)16-7-6-13-25(15-16)31(28,29)18-8-4-3-5-9-18/h1,3-5,8-11,14,16H,6-7,12-13,15H2. The summed E-state index contributed by atoms with van der Waals surface area (Å²) in [5.41, 5.74) is 0.912. The van der Waals surface area contributed by atoms with Gasteiger partial charge in [-0.15, -0.1) is 6.42 Å². The summed E-state index contributed by atoms with van der Waals surface area (Å²) in [6, 6.07) is 14.1. The van der Waals surface area contributed by atoms with Crippen molar-refractivity contribution in [2.24, 2.45) is 10.9 Å². The molecule has 160 valence electrons. The Hall–Kier alpha value is -2.25. The fraction of sp³-hybridized carbons (Fsp3) is 0.273. The molecule has 1 atom stereocenters. The number of halogens is 1. The summed E-state index contributed by atoms with van der Waals surface area (Å²) in [6.07, 6.45) is 6.75. The Balaban J connectivity index is 1.64. The lowest BCUT2D eigenvalue weighted by molar-refractivity contribution is -0.122. The fourth-order valence-electron chi connectivity index (χ4n) is 3.67. The maximum atomic E-state index is 13.0. The van der Waals surface area contributed by atoms with Crippen molar-refractivity contribution in [1.82, 2.24) is 8.87 Å². The van der Waals surface area contributed by atoms with Crippen LogP contribution >= 0.6 is 27.3 Å². The smallest absolute Gasteiger partial charge is 0.252 e. The minimum Gasteiger partial charge on any atom is -0.305 e. The van der Waals surface area contributed by atoms with E-state index in [0.717, 1.165) is 14.7 Å². The molecule has 6 nitrogen and oxygen atoms in total. The number of hydrogen-bond acceptors (Lipinski definition) is 4. The van der Waals surface area contributed by atoms with Crippen molar-refractivity contribution < 1.29 is 13.2 Å². The van der Waals surface area contributed by atoms with E-state index in [9.17, 15) is 13.2 Å². The fourth-order valence-corrected chi connectivity index (χ4v) is 6.80. The van der Waals surface area contributed by atoms with Crippen LogP contribution in [0.2, 0.25) is 0 Å². The first-order valence-corrected chi connectivity index (χ1v) is 12.8. The Bertz CT molecular complexity index is 1340. The number of rotatable bonds is 4. The molecule has 2 heterocycles. The van der Waals surface area contributed by atoms with Crippen molar-refractivity contribution in [2.45, 2.75) is 24.3 Å². The first-order chi connectivity index (χ1) is 14.9. The summed E-state index contributed by atoms with van der Waals surface area (Å²) in [5, 5.41) is 0. The highest BCUT2D eigenvalue weighted by Crippen LogP contribution is 2.25. The Kier molecular flexibility index (Phi) is 6.44.